The number of hydrogen-bond donors (Lipinski definition) is 1. The Morgan fingerprint density at radius 3 is 2.80 bits per heavy atom. The second-order valence-corrected chi connectivity index (χ2v) is 6.74. The molecule has 3 rings (SSSR count). The molecule has 3 aromatic rings. The smallest absolute Gasteiger partial charge is 0.246 e. The SMILES string of the molecule is Cc1cccc(-c2noc(CNC(=O)CCSc3ccccc3)n2)c1. The zero-order chi connectivity index (χ0) is 17.5. The minimum atomic E-state index is -0.0289. The molecule has 6 heteroatoms. The van der Waals surface area contributed by atoms with Crippen LogP contribution in [-0.2, 0) is 11.3 Å². The Morgan fingerprint density at radius 2 is 2.00 bits per heavy atom. The van der Waals surface area contributed by atoms with Gasteiger partial charge in [-0.2, -0.15) is 4.98 Å². The zero-order valence-electron chi connectivity index (χ0n) is 13.9. The van der Waals surface area contributed by atoms with Gasteiger partial charge in [-0.3, -0.25) is 4.79 Å². The standard InChI is InChI=1S/C19H19N3O2S/c1-14-6-5-7-15(12-14)19-21-18(24-22-19)13-20-17(23)10-11-25-16-8-3-2-4-9-16/h2-9,12H,10-11,13H2,1H3,(H,20,23). The van der Waals surface area contributed by atoms with E-state index in [1.807, 2.05) is 61.5 Å². The van der Waals surface area contributed by atoms with Gasteiger partial charge in [0, 0.05) is 22.6 Å². The molecule has 0 unspecified atom stereocenters. The molecular formula is C19H19N3O2S. The molecule has 0 fully saturated rings. The zero-order valence-corrected chi connectivity index (χ0v) is 14.8. The maximum Gasteiger partial charge on any atom is 0.246 e. The van der Waals surface area contributed by atoms with Crippen molar-refractivity contribution in [1.82, 2.24) is 15.5 Å². The quantitative estimate of drug-likeness (QED) is 0.654. The Balaban J connectivity index is 1.45. The summed E-state index contributed by atoms with van der Waals surface area (Å²) in [5.41, 5.74) is 2.04. The summed E-state index contributed by atoms with van der Waals surface area (Å²) in [6.45, 7) is 2.26. The number of carbonyl (C=O) groups is 1. The van der Waals surface area contributed by atoms with Gasteiger partial charge in [0.15, 0.2) is 0 Å². The monoisotopic (exact) mass is 353 g/mol. The summed E-state index contributed by atoms with van der Waals surface area (Å²) in [7, 11) is 0. The second kappa shape index (κ2) is 8.48. The Morgan fingerprint density at radius 1 is 1.16 bits per heavy atom. The number of amides is 1. The van der Waals surface area contributed by atoms with Gasteiger partial charge >= 0.3 is 0 Å². The molecule has 0 aliphatic heterocycles. The summed E-state index contributed by atoms with van der Waals surface area (Å²) >= 11 is 1.66. The van der Waals surface area contributed by atoms with Crippen molar-refractivity contribution in [3.05, 3.63) is 66.1 Å². The Labute approximate surface area is 150 Å². The van der Waals surface area contributed by atoms with Crippen molar-refractivity contribution in [2.45, 2.75) is 24.8 Å². The van der Waals surface area contributed by atoms with Gasteiger partial charge in [0.25, 0.3) is 0 Å². The second-order valence-electron chi connectivity index (χ2n) is 5.57. The molecule has 25 heavy (non-hydrogen) atoms. The molecule has 0 bridgehead atoms. The van der Waals surface area contributed by atoms with Gasteiger partial charge < -0.3 is 9.84 Å². The normalized spacial score (nSPS) is 10.6. The van der Waals surface area contributed by atoms with Crippen LogP contribution in [0.5, 0.6) is 0 Å². The van der Waals surface area contributed by atoms with Crippen LogP contribution in [0.2, 0.25) is 0 Å². The molecule has 128 valence electrons. The van der Waals surface area contributed by atoms with Crippen molar-refractivity contribution in [2.75, 3.05) is 5.75 Å². The number of aromatic nitrogens is 2. The molecule has 1 amide bonds. The summed E-state index contributed by atoms with van der Waals surface area (Å²) in [5, 5.41) is 6.78. The van der Waals surface area contributed by atoms with Crippen LogP contribution in [0.15, 0.2) is 64.0 Å². The van der Waals surface area contributed by atoms with E-state index in [0.717, 1.165) is 21.8 Å². The number of rotatable bonds is 7. The lowest BCUT2D eigenvalue weighted by Crippen LogP contribution is -2.23. The van der Waals surface area contributed by atoms with E-state index in [2.05, 4.69) is 15.5 Å². The van der Waals surface area contributed by atoms with Crippen LogP contribution < -0.4 is 5.32 Å². The maximum absolute atomic E-state index is 11.9. The van der Waals surface area contributed by atoms with Crippen molar-refractivity contribution < 1.29 is 9.32 Å². The molecule has 0 spiro atoms. The van der Waals surface area contributed by atoms with E-state index in [1.54, 1.807) is 11.8 Å². The molecule has 2 aromatic carbocycles. The molecule has 1 N–H and O–H groups in total. The van der Waals surface area contributed by atoms with E-state index in [4.69, 9.17) is 4.52 Å². The Hall–Kier alpha value is -2.60. The molecule has 1 heterocycles. The Bertz CT molecular complexity index is 833. The summed E-state index contributed by atoms with van der Waals surface area (Å²) in [6, 6.07) is 17.9. The lowest BCUT2D eigenvalue weighted by atomic mass is 10.1. The van der Waals surface area contributed by atoms with Crippen LogP contribution in [0.4, 0.5) is 0 Å². The van der Waals surface area contributed by atoms with E-state index in [-0.39, 0.29) is 12.5 Å². The van der Waals surface area contributed by atoms with Crippen LogP contribution in [0.1, 0.15) is 17.9 Å². The molecule has 0 radical (unpaired) electrons. The van der Waals surface area contributed by atoms with Gasteiger partial charge in [0.2, 0.25) is 17.6 Å². The summed E-state index contributed by atoms with van der Waals surface area (Å²) in [6.07, 6.45) is 0.443. The fourth-order valence-corrected chi connectivity index (χ4v) is 3.14. The van der Waals surface area contributed by atoms with Crippen LogP contribution in [-0.4, -0.2) is 21.8 Å². The van der Waals surface area contributed by atoms with Crippen molar-refractivity contribution in [2.24, 2.45) is 0 Å². The van der Waals surface area contributed by atoms with E-state index >= 15 is 0 Å². The fourth-order valence-electron chi connectivity index (χ4n) is 2.27. The first-order valence-corrected chi connectivity index (χ1v) is 9.03. The van der Waals surface area contributed by atoms with Crippen molar-refractivity contribution in [3.63, 3.8) is 0 Å². The highest BCUT2D eigenvalue weighted by Gasteiger charge is 2.10. The number of nitrogens with zero attached hydrogens (tertiary/aromatic N) is 2. The van der Waals surface area contributed by atoms with E-state index in [1.165, 1.54) is 0 Å². The lowest BCUT2D eigenvalue weighted by Gasteiger charge is -2.02. The number of thioether (sulfide) groups is 1. The largest absolute Gasteiger partial charge is 0.347 e. The van der Waals surface area contributed by atoms with Crippen LogP contribution in [0.25, 0.3) is 11.4 Å². The molecule has 1 aromatic heterocycles. The predicted octanol–water partition coefficient (Wildman–Crippen LogP) is 3.84. The first kappa shape index (κ1) is 17.2. The van der Waals surface area contributed by atoms with Gasteiger partial charge in [-0.15, -0.1) is 11.8 Å². The highest BCUT2D eigenvalue weighted by molar-refractivity contribution is 7.99. The number of hydrogen-bond acceptors (Lipinski definition) is 5. The van der Waals surface area contributed by atoms with Crippen molar-refractivity contribution in [3.8, 4) is 11.4 Å². The summed E-state index contributed by atoms with van der Waals surface area (Å²) in [5.74, 6) is 1.64. The minimum absolute atomic E-state index is 0.0289. The number of aryl methyl sites for hydroxylation is 1. The van der Waals surface area contributed by atoms with Crippen LogP contribution in [0, 0.1) is 6.92 Å². The van der Waals surface area contributed by atoms with Gasteiger partial charge in [-0.1, -0.05) is 47.1 Å². The lowest BCUT2D eigenvalue weighted by molar-refractivity contribution is -0.120. The van der Waals surface area contributed by atoms with E-state index in [9.17, 15) is 4.79 Å². The van der Waals surface area contributed by atoms with E-state index in [0.29, 0.717) is 18.1 Å². The van der Waals surface area contributed by atoms with Crippen molar-refractivity contribution >= 4 is 17.7 Å². The maximum atomic E-state index is 11.9. The first-order valence-electron chi connectivity index (χ1n) is 8.05. The number of benzene rings is 2. The fraction of sp³-hybridized carbons (Fsp3) is 0.211. The van der Waals surface area contributed by atoms with Gasteiger partial charge in [0.1, 0.15) is 0 Å². The molecular weight excluding hydrogens is 334 g/mol. The van der Waals surface area contributed by atoms with Crippen LogP contribution >= 0.6 is 11.8 Å². The van der Waals surface area contributed by atoms with Crippen molar-refractivity contribution in [1.29, 1.82) is 0 Å². The van der Waals surface area contributed by atoms with E-state index < -0.39 is 0 Å². The molecule has 0 aliphatic rings. The van der Waals surface area contributed by atoms with Gasteiger partial charge in [-0.25, -0.2) is 0 Å². The highest BCUT2D eigenvalue weighted by Crippen LogP contribution is 2.18. The molecule has 0 atom stereocenters. The third-order valence-electron chi connectivity index (χ3n) is 3.52. The Kier molecular flexibility index (Phi) is 5.85. The third-order valence-corrected chi connectivity index (χ3v) is 4.54. The highest BCUT2D eigenvalue weighted by atomic mass is 32.2. The topological polar surface area (TPSA) is 68.0 Å². The minimum Gasteiger partial charge on any atom is -0.347 e. The third kappa shape index (κ3) is 5.19. The molecule has 5 nitrogen and oxygen atoms in total. The number of nitrogens with one attached hydrogen (secondary N) is 1. The summed E-state index contributed by atoms with van der Waals surface area (Å²) in [4.78, 5) is 17.4. The van der Waals surface area contributed by atoms with Gasteiger partial charge in [-0.05, 0) is 25.1 Å². The van der Waals surface area contributed by atoms with Crippen LogP contribution in [0.3, 0.4) is 0 Å². The molecule has 0 aliphatic carbocycles. The number of carbonyl (C=O) groups excluding carboxylic acids is 1. The molecule has 0 saturated heterocycles. The predicted molar refractivity (Wildman–Crippen MR) is 98.1 cm³/mol. The van der Waals surface area contributed by atoms with Gasteiger partial charge in [0.05, 0.1) is 6.54 Å². The first-order chi connectivity index (χ1) is 12.2. The average molecular weight is 353 g/mol. The average Bonchev–Trinajstić information content (AvgIpc) is 3.10. The summed E-state index contributed by atoms with van der Waals surface area (Å²) < 4.78 is 5.20. The molecule has 0 saturated carbocycles.